The Morgan fingerprint density at radius 2 is 1.28 bits per heavy atom. The Balaban J connectivity index is 1.62. The Bertz CT molecular complexity index is 869. The largest absolute Gasteiger partial charge is 0.485 e. The van der Waals surface area contributed by atoms with E-state index in [-0.39, 0.29) is 18.2 Å². The SMILES string of the molecule is O=C(COc1ccc(C(=O)c2ccccc2)cc1)c1ccc(Br)cc1. The molecule has 4 heteroatoms. The first-order valence-electron chi connectivity index (χ1n) is 7.75. The van der Waals surface area contributed by atoms with Crippen LogP contribution in [0, 0.1) is 0 Å². The van der Waals surface area contributed by atoms with Gasteiger partial charge in [0, 0.05) is 21.2 Å². The van der Waals surface area contributed by atoms with Crippen LogP contribution in [0.2, 0.25) is 0 Å². The number of ether oxygens (including phenoxy) is 1. The zero-order chi connectivity index (χ0) is 17.6. The molecule has 3 nitrogen and oxygen atoms in total. The van der Waals surface area contributed by atoms with Crippen LogP contribution >= 0.6 is 15.9 Å². The molecule has 0 aromatic heterocycles. The molecule has 0 heterocycles. The molecule has 0 spiro atoms. The number of halogens is 1. The molecule has 0 aliphatic rings. The predicted octanol–water partition coefficient (Wildman–Crippen LogP) is 4.94. The van der Waals surface area contributed by atoms with Crippen molar-refractivity contribution < 1.29 is 14.3 Å². The number of ketones is 2. The quantitative estimate of drug-likeness (QED) is 0.556. The Kier molecular flexibility index (Phi) is 5.41. The minimum Gasteiger partial charge on any atom is -0.485 e. The lowest BCUT2D eigenvalue weighted by atomic mass is 10.0. The zero-order valence-corrected chi connectivity index (χ0v) is 14.9. The van der Waals surface area contributed by atoms with Gasteiger partial charge in [-0.2, -0.15) is 0 Å². The van der Waals surface area contributed by atoms with Crippen LogP contribution in [0.15, 0.2) is 83.3 Å². The molecule has 0 aliphatic heterocycles. The van der Waals surface area contributed by atoms with Gasteiger partial charge >= 0.3 is 0 Å². The van der Waals surface area contributed by atoms with E-state index in [9.17, 15) is 9.59 Å². The van der Waals surface area contributed by atoms with E-state index in [1.54, 1.807) is 48.5 Å². The highest BCUT2D eigenvalue weighted by molar-refractivity contribution is 9.10. The second-order valence-corrected chi connectivity index (χ2v) is 6.35. The average molecular weight is 395 g/mol. The summed E-state index contributed by atoms with van der Waals surface area (Å²) in [4.78, 5) is 24.4. The van der Waals surface area contributed by atoms with Gasteiger partial charge in [0.15, 0.2) is 18.2 Å². The van der Waals surface area contributed by atoms with Gasteiger partial charge in [-0.3, -0.25) is 9.59 Å². The lowest BCUT2D eigenvalue weighted by Crippen LogP contribution is -2.11. The number of hydrogen-bond acceptors (Lipinski definition) is 3. The minimum absolute atomic E-state index is 0.0434. The van der Waals surface area contributed by atoms with Gasteiger partial charge in [0.25, 0.3) is 0 Å². The molecule has 0 radical (unpaired) electrons. The third-order valence-corrected chi connectivity index (χ3v) is 4.22. The normalized spacial score (nSPS) is 10.3. The molecule has 3 aromatic carbocycles. The van der Waals surface area contributed by atoms with Gasteiger partial charge in [0.05, 0.1) is 0 Å². The number of Topliss-reactive ketones (excluding diaryl/α,β-unsaturated/α-hetero) is 1. The number of hydrogen-bond donors (Lipinski definition) is 0. The van der Waals surface area contributed by atoms with E-state index < -0.39 is 0 Å². The first-order chi connectivity index (χ1) is 12.1. The molecular weight excluding hydrogens is 380 g/mol. The van der Waals surface area contributed by atoms with Crippen LogP contribution in [0.5, 0.6) is 5.75 Å². The van der Waals surface area contributed by atoms with Gasteiger partial charge in [-0.1, -0.05) is 58.4 Å². The van der Waals surface area contributed by atoms with Crippen molar-refractivity contribution in [3.63, 3.8) is 0 Å². The van der Waals surface area contributed by atoms with Crippen molar-refractivity contribution >= 4 is 27.5 Å². The summed E-state index contributed by atoms with van der Waals surface area (Å²) in [5.74, 6) is 0.408. The number of carbonyl (C=O) groups is 2. The molecule has 0 fully saturated rings. The molecule has 3 rings (SSSR count). The Morgan fingerprint density at radius 1 is 0.720 bits per heavy atom. The fraction of sp³-hybridized carbons (Fsp3) is 0.0476. The Hall–Kier alpha value is -2.72. The van der Waals surface area contributed by atoms with E-state index in [0.717, 1.165) is 4.47 Å². The molecule has 0 aliphatic carbocycles. The summed E-state index contributed by atoms with van der Waals surface area (Å²) >= 11 is 3.34. The first-order valence-corrected chi connectivity index (χ1v) is 8.54. The molecule has 0 saturated carbocycles. The van der Waals surface area contributed by atoms with Crippen LogP contribution in [-0.4, -0.2) is 18.2 Å². The van der Waals surface area contributed by atoms with E-state index in [4.69, 9.17) is 4.74 Å². The summed E-state index contributed by atoms with van der Waals surface area (Å²) in [6, 6.07) is 23.0. The predicted molar refractivity (Wildman–Crippen MR) is 100 cm³/mol. The van der Waals surface area contributed by atoms with Crippen molar-refractivity contribution in [2.45, 2.75) is 0 Å². The van der Waals surface area contributed by atoms with Gasteiger partial charge in [0.1, 0.15) is 5.75 Å². The number of benzene rings is 3. The van der Waals surface area contributed by atoms with Crippen molar-refractivity contribution in [1.29, 1.82) is 0 Å². The van der Waals surface area contributed by atoms with Crippen LogP contribution < -0.4 is 4.74 Å². The minimum atomic E-state index is -0.100. The molecule has 0 atom stereocenters. The highest BCUT2D eigenvalue weighted by Crippen LogP contribution is 2.16. The number of carbonyl (C=O) groups excluding carboxylic acids is 2. The maximum absolute atomic E-state index is 12.3. The summed E-state index contributed by atoms with van der Waals surface area (Å²) < 4.78 is 6.44. The molecular formula is C21H15BrO3. The van der Waals surface area contributed by atoms with E-state index in [0.29, 0.717) is 22.4 Å². The van der Waals surface area contributed by atoms with Gasteiger partial charge in [0.2, 0.25) is 0 Å². The molecule has 0 saturated heterocycles. The van der Waals surface area contributed by atoms with Gasteiger partial charge in [-0.05, 0) is 36.4 Å². The third-order valence-electron chi connectivity index (χ3n) is 3.69. The van der Waals surface area contributed by atoms with Crippen molar-refractivity contribution in [1.82, 2.24) is 0 Å². The fourth-order valence-electron chi connectivity index (χ4n) is 2.33. The average Bonchev–Trinajstić information content (AvgIpc) is 2.67. The van der Waals surface area contributed by atoms with Crippen LogP contribution in [0.3, 0.4) is 0 Å². The zero-order valence-electron chi connectivity index (χ0n) is 13.3. The van der Waals surface area contributed by atoms with E-state index >= 15 is 0 Å². The standard InChI is InChI=1S/C21H15BrO3/c22-18-10-6-15(7-11-18)20(23)14-25-19-12-8-17(9-13-19)21(24)16-4-2-1-3-5-16/h1-13H,14H2. The summed E-state index contributed by atoms with van der Waals surface area (Å²) in [6.45, 7) is -0.0480. The van der Waals surface area contributed by atoms with Crippen molar-refractivity contribution in [2.75, 3.05) is 6.61 Å². The van der Waals surface area contributed by atoms with E-state index in [1.807, 2.05) is 30.3 Å². The van der Waals surface area contributed by atoms with E-state index in [1.165, 1.54) is 0 Å². The molecule has 25 heavy (non-hydrogen) atoms. The van der Waals surface area contributed by atoms with Gasteiger partial charge in [-0.15, -0.1) is 0 Å². The van der Waals surface area contributed by atoms with E-state index in [2.05, 4.69) is 15.9 Å². The Labute approximate surface area is 154 Å². The maximum atomic E-state index is 12.3. The molecule has 0 unspecified atom stereocenters. The van der Waals surface area contributed by atoms with Crippen LogP contribution in [0.25, 0.3) is 0 Å². The molecule has 0 bridgehead atoms. The molecule has 0 N–H and O–H groups in total. The monoisotopic (exact) mass is 394 g/mol. The summed E-state index contributed by atoms with van der Waals surface area (Å²) in [7, 11) is 0. The smallest absolute Gasteiger partial charge is 0.200 e. The third kappa shape index (κ3) is 4.43. The fourth-order valence-corrected chi connectivity index (χ4v) is 2.59. The highest BCUT2D eigenvalue weighted by atomic mass is 79.9. The molecule has 124 valence electrons. The summed E-state index contributed by atoms with van der Waals surface area (Å²) in [6.07, 6.45) is 0. The molecule has 0 amide bonds. The van der Waals surface area contributed by atoms with Crippen LogP contribution in [0.4, 0.5) is 0 Å². The van der Waals surface area contributed by atoms with Gasteiger partial charge in [-0.25, -0.2) is 0 Å². The summed E-state index contributed by atoms with van der Waals surface area (Å²) in [5, 5.41) is 0. The van der Waals surface area contributed by atoms with Crippen molar-refractivity contribution in [3.05, 3.63) is 100 Å². The molecule has 3 aromatic rings. The number of rotatable bonds is 6. The van der Waals surface area contributed by atoms with Crippen LogP contribution in [-0.2, 0) is 0 Å². The van der Waals surface area contributed by atoms with Crippen molar-refractivity contribution in [3.8, 4) is 5.75 Å². The van der Waals surface area contributed by atoms with Gasteiger partial charge < -0.3 is 4.74 Å². The lowest BCUT2D eigenvalue weighted by Gasteiger charge is -2.07. The van der Waals surface area contributed by atoms with Crippen LogP contribution in [0.1, 0.15) is 26.3 Å². The van der Waals surface area contributed by atoms with Crippen molar-refractivity contribution in [2.24, 2.45) is 0 Å². The second kappa shape index (κ2) is 7.90. The summed E-state index contributed by atoms with van der Waals surface area (Å²) in [5.41, 5.74) is 1.82. The first kappa shape index (κ1) is 17.1. The maximum Gasteiger partial charge on any atom is 0.200 e. The topological polar surface area (TPSA) is 43.4 Å². The second-order valence-electron chi connectivity index (χ2n) is 5.44. The Morgan fingerprint density at radius 3 is 1.92 bits per heavy atom. The highest BCUT2D eigenvalue weighted by Gasteiger charge is 2.10. The lowest BCUT2D eigenvalue weighted by molar-refractivity contribution is 0.0920.